The van der Waals surface area contributed by atoms with E-state index in [0.29, 0.717) is 42.1 Å². The number of benzene rings is 1. The number of anilines is 2. The number of aliphatic hydroxyl groups excluding tert-OH is 1. The van der Waals surface area contributed by atoms with Gasteiger partial charge in [-0.3, -0.25) is 19.1 Å². The number of nitrogens with zero attached hydrogens (tertiary/aromatic N) is 4. The van der Waals surface area contributed by atoms with E-state index in [0.717, 1.165) is 11.8 Å². The lowest BCUT2D eigenvalue weighted by Crippen LogP contribution is -2.43. The molecule has 15 heteroatoms. The van der Waals surface area contributed by atoms with Crippen molar-refractivity contribution in [2.75, 3.05) is 25.0 Å². The van der Waals surface area contributed by atoms with Crippen molar-refractivity contribution in [3.05, 3.63) is 59.8 Å². The Morgan fingerprint density at radius 2 is 1.98 bits per heavy atom. The second kappa shape index (κ2) is 11.5. The predicted octanol–water partition coefficient (Wildman–Crippen LogP) is 2.01. The Balaban J connectivity index is 1.26. The summed E-state index contributed by atoms with van der Waals surface area (Å²) in [5, 5.41) is 26.7. The minimum atomic E-state index is -4.61. The summed E-state index contributed by atoms with van der Waals surface area (Å²) in [6, 6.07) is 4.71. The lowest BCUT2D eigenvalue weighted by Gasteiger charge is -2.14. The third-order valence-electron chi connectivity index (χ3n) is 6.75. The molecular formula is C26H28F3N9O3. The van der Waals surface area contributed by atoms with E-state index >= 15 is 0 Å². The monoisotopic (exact) mass is 571 g/mol. The van der Waals surface area contributed by atoms with Crippen LogP contribution in [-0.2, 0) is 17.4 Å². The fourth-order valence-electron chi connectivity index (χ4n) is 4.72. The minimum Gasteiger partial charge on any atom is -0.392 e. The number of halogens is 3. The maximum absolute atomic E-state index is 13.4. The van der Waals surface area contributed by atoms with Crippen molar-refractivity contribution in [1.29, 1.82) is 0 Å². The van der Waals surface area contributed by atoms with Gasteiger partial charge in [0, 0.05) is 43.3 Å². The van der Waals surface area contributed by atoms with E-state index in [1.165, 1.54) is 23.0 Å². The number of fused-ring (bicyclic) bond motifs is 1. The van der Waals surface area contributed by atoms with Crippen LogP contribution >= 0.6 is 0 Å². The first-order valence-corrected chi connectivity index (χ1v) is 13.0. The zero-order chi connectivity index (χ0) is 29.1. The van der Waals surface area contributed by atoms with E-state index in [1.54, 1.807) is 18.2 Å². The molecule has 4 aromatic rings. The molecule has 2 amide bonds. The van der Waals surface area contributed by atoms with Gasteiger partial charge in [-0.15, -0.1) is 0 Å². The summed E-state index contributed by atoms with van der Waals surface area (Å²) < 4.78 is 41.7. The van der Waals surface area contributed by atoms with Crippen molar-refractivity contribution in [2.45, 2.75) is 38.1 Å². The number of H-pyrrole nitrogens is 1. The van der Waals surface area contributed by atoms with Gasteiger partial charge in [0.15, 0.2) is 11.5 Å². The van der Waals surface area contributed by atoms with Crippen molar-refractivity contribution in [3.8, 4) is 11.3 Å². The maximum atomic E-state index is 13.4. The number of carbonyl (C=O) groups is 2. The third-order valence-corrected chi connectivity index (χ3v) is 6.75. The molecule has 1 saturated heterocycles. The molecule has 12 nitrogen and oxygen atoms in total. The second-order valence-corrected chi connectivity index (χ2v) is 9.52. The molecule has 6 N–H and O–H groups in total. The number of amides is 2. The van der Waals surface area contributed by atoms with Gasteiger partial charge in [-0.05, 0) is 36.6 Å². The number of carbonyl (C=O) groups excluding carboxylic acids is 2. The van der Waals surface area contributed by atoms with Crippen LogP contribution in [0.1, 0.15) is 35.0 Å². The van der Waals surface area contributed by atoms with Gasteiger partial charge >= 0.3 is 6.18 Å². The van der Waals surface area contributed by atoms with Crippen LogP contribution in [0.2, 0.25) is 0 Å². The minimum absolute atomic E-state index is 0.139. The molecule has 5 rings (SSSR count). The molecule has 0 radical (unpaired) electrons. The van der Waals surface area contributed by atoms with Gasteiger partial charge in [0.1, 0.15) is 5.69 Å². The van der Waals surface area contributed by atoms with Gasteiger partial charge in [-0.2, -0.15) is 18.3 Å². The number of nitrogens with one attached hydrogen (secondary N) is 5. The van der Waals surface area contributed by atoms with Crippen molar-refractivity contribution >= 4 is 29.0 Å². The maximum Gasteiger partial charge on any atom is 0.433 e. The Bertz CT molecular complexity index is 1570. The van der Waals surface area contributed by atoms with Crippen molar-refractivity contribution < 1.29 is 27.9 Å². The van der Waals surface area contributed by atoms with E-state index in [4.69, 9.17) is 0 Å². The zero-order valence-electron chi connectivity index (χ0n) is 21.9. The van der Waals surface area contributed by atoms with Gasteiger partial charge in [0.2, 0.25) is 5.91 Å². The molecular weight excluding hydrogens is 543 g/mol. The number of hydrogen-bond donors (Lipinski definition) is 6. The topological polar surface area (TPSA) is 161 Å². The number of aromatic amines is 1. The molecule has 0 aliphatic carbocycles. The van der Waals surface area contributed by atoms with Crippen LogP contribution in [0, 0.1) is 0 Å². The highest BCUT2D eigenvalue weighted by atomic mass is 19.4. The molecule has 3 aromatic heterocycles. The molecule has 0 spiro atoms. The molecule has 2 atom stereocenters. The average Bonchev–Trinajstić information content (AvgIpc) is 3.70. The number of aromatic nitrogens is 5. The number of aryl methyl sites for hydroxylation is 1. The SMILES string of the molecule is CCc1cc(Nc2nccn3c(-c4cn[nH]c4C(F)(F)F)cnc23)ccc1C(=O)NCCNC(=O)[C@@H]1C[C@@H](O)CN1. The number of imidazole rings is 1. The Morgan fingerprint density at radius 1 is 1.17 bits per heavy atom. The molecule has 41 heavy (non-hydrogen) atoms. The summed E-state index contributed by atoms with van der Waals surface area (Å²) in [5.41, 5.74) is 1.23. The molecule has 1 aliphatic heterocycles. The fourth-order valence-corrected chi connectivity index (χ4v) is 4.72. The highest BCUT2D eigenvalue weighted by Crippen LogP contribution is 2.36. The predicted molar refractivity (Wildman–Crippen MR) is 142 cm³/mol. The fraction of sp³-hybridized carbons (Fsp3) is 0.346. The largest absolute Gasteiger partial charge is 0.433 e. The van der Waals surface area contributed by atoms with Gasteiger partial charge in [0.25, 0.3) is 5.91 Å². The lowest BCUT2D eigenvalue weighted by atomic mass is 10.0. The molecule has 0 saturated carbocycles. The number of β-amino-alcohol motifs (C(OH)–C–C–N with tert-alkyl or cyclic N) is 1. The average molecular weight is 572 g/mol. The van der Waals surface area contributed by atoms with Gasteiger partial charge in [-0.1, -0.05) is 6.92 Å². The summed E-state index contributed by atoms with van der Waals surface area (Å²) in [4.78, 5) is 33.5. The first kappa shape index (κ1) is 28.0. The van der Waals surface area contributed by atoms with Crippen LogP contribution in [0.5, 0.6) is 0 Å². The molecule has 1 aliphatic rings. The van der Waals surface area contributed by atoms with Gasteiger partial charge < -0.3 is 26.4 Å². The highest BCUT2D eigenvalue weighted by molar-refractivity contribution is 5.96. The zero-order valence-corrected chi connectivity index (χ0v) is 21.9. The van der Waals surface area contributed by atoms with Crippen LogP contribution in [0.3, 0.4) is 0 Å². The van der Waals surface area contributed by atoms with Crippen molar-refractivity contribution in [3.63, 3.8) is 0 Å². The molecule has 4 heterocycles. The lowest BCUT2D eigenvalue weighted by molar-refractivity contribution is -0.140. The first-order chi connectivity index (χ1) is 19.7. The van der Waals surface area contributed by atoms with Crippen LogP contribution in [0.25, 0.3) is 16.9 Å². The Hall–Kier alpha value is -4.50. The Morgan fingerprint density at radius 3 is 2.71 bits per heavy atom. The third kappa shape index (κ3) is 6.00. The number of rotatable bonds is 9. The molecule has 216 valence electrons. The summed E-state index contributed by atoms with van der Waals surface area (Å²) in [6.07, 6.45) is 1.14. The van der Waals surface area contributed by atoms with E-state index in [1.807, 2.05) is 12.0 Å². The highest BCUT2D eigenvalue weighted by Gasteiger charge is 2.36. The van der Waals surface area contributed by atoms with Crippen LogP contribution in [0.4, 0.5) is 24.7 Å². The van der Waals surface area contributed by atoms with E-state index in [2.05, 4.69) is 36.3 Å². The molecule has 0 bridgehead atoms. The molecule has 1 aromatic carbocycles. The van der Waals surface area contributed by atoms with E-state index in [9.17, 15) is 27.9 Å². The van der Waals surface area contributed by atoms with Crippen LogP contribution in [0.15, 0.2) is 43.0 Å². The smallest absolute Gasteiger partial charge is 0.392 e. The summed E-state index contributed by atoms with van der Waals surface area (Å²) in [5.74, 6) is -0.204. The number of hydrogen-bond acceptors (Lipinski definition) is 8. The summed E-state index contributed by atoms with van der Waals surface area (Å²) >= 11 is 0. The Kier molecular flexibility index (Phi) is 7.90. The van der Waals surface area contributed by atoms with E-state index in [-0.39, 0.29) is 36.2 Å². The summed E-state index contributed by atoms with van der Waals surface area (Å²) in [6.45, 7) is 2.75. The molecule has 0 unspecified atom stereocenters. The second-order valence-electron chi connectivity index (χ2n) is 9.52. The van der Waals surface area contributed by atoms with Crippen LogP contribution < -0.4 is 21.3 Å². The normalized spacial score (nSPS) is 17.1. The molecule has 1 fully saturated rings. The first-order valence-electron chi connectivity index (χ1n) is 13.0. The van der Waals surface area contributed by atoms with E-state index < -0.39 is 24.0 Å². The standard InChI is InChI=1S/C26H28F3N9O3/c1-2-14-9-15(3-4-17(14)24(40)31-5-6-32-25(41)19-10-16(39)11-33-19)36-22-23-34-13-20(38(23)8-7-30-22)18-12-35-37-21(18)26(27,28)29/h3-4,7-9,12-13,16,19,33,39H,2,5-6,10-11H2,1H3,(H,30,36)(H,31,40)(H,32,41)(H,35,37)/t16-,19+/m1/s1. The number of aliphatic hydroxyl groups is 1. The van der Waals surface area contributed by atoms with Crippen molar-refractivity contribution in [2.24, 2.45) is 0 Å². The summed E-state index contributed by atoms with van der Waals surface area (Å²) in [7, 11) is 0. The van der Waals surface area contributed by atoms with Gasteiger partial charge in [0.05, 0.1) is 35.8 Å². The Labute approximate surface area is 231 Å². The number of alkyl halides is 3. The quantitative estimate of drug-likeness (QED) is 0.166. The van der Waals surface area contributed by atoms with Gasteiger partial charge in [-0.25, -0.2) is 9.97 Å². The van der Waals surface area contributed by atoms with Crippen molar-refractivity contribution in [1.82, 2.24) is 40.5 Å². The van der Waals surface area contributed by atoms with Crippen LogP contribution in [-0.4, -0.2) is 73.3 Å².